The molecule has 11 nitrogen and oxygen atoms in total. The maximum absolute atomic E-state index is 13.4. The average molecular weight is 536 g/mol. The van der Waals surface area contributed by atoms with Crippen LogP contribution in [0, 0.1) is 16.0 Å². The molecule has 0 unspecified atom stereocenters. The Kier molecular flexibility index (Phi) is 11.5. The van der Waals surface area contributed by atoms with Gasteiger partial charge >= 0.3 is 12.1 Å². The Morgan fingerprint density at radius 1 is 1.11 bits per heavy atom. The van der Waals surface area contributed by atoms with E-state index in [2.05, 4.69) is 5.32 Å². The summed E-state index contributed by atoms with van der Waals surface area (Å²) in [5, 5.41) is 22.4. The van der Waals surface area contributed by atoms with Crippen LogP contribution >= 0.6 is 0 Å². The van der Waals surface area contributed by atoms with Crippen molar-refractivity contribution in [1.82, 2.24) is 9.62 Å². The molecule has 0 saturated carbocycles. The molecule has 2 rings (SSSR count). The first-order valence-corrected chi connectivity index (χ1v) is 13.4. The van der Waals surface area contributed by atoms with Crippen molar-refractivity contribution < 1.29 is 32.8 Å². The van der Waals surface area contributed by atoms with Gasteiger partial charge in [-0.1, -0.05) is 44.2 Å². The number of sulfonamides is 1. The molecule has 0 heterocycles. The molecule has 0 aliphatic rings. The van der Waals surface area contributed by atoms with Crippen LogP contribution in [0.4, 0.5) is 10.5 Å². The predicted molar refractivity (Wildman–Crippen MR) is 137 cm³/mol. The summed E-state index contributed by atoms with van der Waals surface area (Å²) in [5.74, 6) is -0.974. The highest BCUT2D eigenvalue weighted by Crippen LogP contribution is 2.21. The maximum atomic E-state index is 13.4. The SMILES string of the molecule is CC(C)CN(CC[C@H](Cc1ccccc1)NC(=O)OCCCC(=O)O)S(=O)(=O)c1ccc([N+](=O)[O-])cc1. The van der Waals surface area contributed by atoms with Crippen LogP contribution < -0.4 is 5.32 Å². The van der Waals surface area contributed by atoms with Crippen molar-refractivity contribution in [2.45, 2.75) is 50.5 Å². The average Bonchev–Trinajstić information content (AvgIpc) is 2.84. The quantitative estimate of drug-likeness (QED) is 0.198. The first-order chi connectivity index (χ1) is 17.5. The number of carbonyl (C=O) groups is 2. The molecular formula is C25H33N3O8S. The second-order valence-corrected chi connectivity index (χ2v) is 10.9. The standard InChI is InChI=1S/C25H33N3O8S/c1-19(2)18-27(37(34,35)23-12-10-22(11-13-23)28(32)33)15-14-21(17-20-7-4-3-5-8-20)26-25(31)36-16-6-9-24(29)30/h3-5,7-8,10-13,19,21H,6,9,14-18H2,1-2H3,(H,26,31)(H,29,30)/t21-/m1/s1. The first kappa shape index (κ1) is 29.7. The highest BCUT2D eigenvalue weighted by atomic mass is 32.2. The maximum Gasteiger partial charge on any atom is 0.407 e. The summed E-state index contributed by atoms with van der Waals surface area (Å²) >= 11 is 0. The Morgan fingerprint density at radius 3 is 2.32 bits per heavy atom. The van der Waals surface area contributed by atoms with Gasteiger partial charge in [0.1, 0.15) is 0 Å². The number of nitro groups is 1. The number of alkyl carbamates (subject to hydrolysis) is 1. The fourth-order valence-electron chi connectivity index (χ4n) is 3.63. The normalized spacial score (nSPS) is 12.3. The van der Waals surface area contributed by atoms with E-state index >= 15 is 0 Å². The predicted octanol–water partition coefficient (Wildman–Crippen LogP) is 3.83. The molecule has 202 valence electrons. The van der Waals surface area contributed by atoms with E-state index in [9.17, 15) is 28.1 Å². The van der Waals surface area contributed by atoms with E-state index < -0.39 is 33.1 Å². The lowest BCUT2D eigenvalue weighted by atomic mass is 10.0. The van der Waals surface area contributed by atoms with Crippen LogP contribution in [0.1, 0.15) is 38.7 Å². The molecule has 0 aliphatic heterocycles. The van der Waals surface area contributed by atoms with Crippen LogP contribution in [0.5, 0.6) is 0 Å². The number of nitro benzene ring substituents is 1. The molecule has 0 spiro atoms. The number of ether oxygens (including phenoxy) is 1. The summed E-state index contributed by atoms with van der Waals surface area (Å²) in [6, 6.07) is 13.7. The Balaban J connectivity index is 2.16. The summed E-state index contributed by atoms with van der Waals surface area (Å²) in [6.45, 7) is 4.02. The van der Waals surface area contributed by atoms with E-state index in [0.717, 1.165) is 17.7 Å². The van der Waals surface area contributed by atoms with Gasteiger partial charge in [-0.15, -0.1) is 0 Å². The van der Waals surface area contributed by atoms with Crippen molar-refractivity contribution in [3.8, 4) is 0 Å². The summed E-state index contributed by atoms with van der Waals surface area (Å²) in [4.78, 5) is 33.3. The Hall–Kier alpha value is -3.51. The van der Waals surface area contributed by atoms with E-state index in [4.69, 9.17) is 9.84 Å². The Bertz CT molecular complexity index is 1140. The lowest BCUT2D eigenvalue weighted by molar-refractivity contribution is -0.384. The van der Waals surface area contributed by atoms with Crippen molar-refractivity contribution in [3.63, 3.8) is 0 Å². The summed E-state index contributed by atoms with van der Waals surface area (Å²) < 4.78 is 33.2. The molecular weight excluding hydrogens is 502 g/mol. The highest BCUT2D eigenvalue weighted by Gasteiger charge is 2.27. The van der Waals surface area contributed by atoms with E-state index in [1.165, 1.54) is 16.4 Å². The molecule has 2 N–H and O–H groups in total. The lowest BCUT2D eigenvalue weighted by Gasteiger charge is -2.27. The van der Waals surface area contributed by atoms with Crippen molar-refractivity contribution in [2.75, 3.05) is 19.7 Å². The summed E-state index contributed by atoms with van der Waals surface area (Å²) in [5.41, 5.74) is 0.732. The Morgan fingerprint density at radius 2 is 1.76 bits per heavy atom. The third-order valence-electron chi connectivity index (χ3n) is 5.40. The van der Waals surface area contributed by atoms with Crippen molar-refractivity contribution in [2.24, 2.45) is 5.92 Å². The molecule has 0 bridgehead atoms. The van der Waals surface area contributed by atoms with Crippen LogP contribution in [-0.2, 0) is 26.0 Å². The number of non-ortho nitro benzene ring substituents is 1. The van der Waals surface area contributed by atoms with Crippen molar-refractivity contribution in [1.29, 1.82) is 0 Å². The zero-order valence-electron chi connectivity index (χ0n) is 20.9. The fourth-order valence-corrected chi connectivity index (χ4v) is 5.24. The lowest BCUT2D eigenvalue weighted by Crippen LogP contribution is -2.42. The number of amides is 1. The molecule has 12 heteroatoms. The largest absolute Gasteiger partial charge is 0.481 e. The Labute approximate surface area is 216 Å². The summed E-state index contributed by atoms with van der Waals surface area (Å²) in [7, 11) is -3.95. The van der Waals surface area contributed by atoms with Gasteiger partial charge in [0.25, 0.3) is 5.69 Å². The van der Waals surface area contributed by atoms with Gasteiger partial charge in [-0.05, 0) is 42.9 Å². The molecule has 0 radical (unpaired) electrons. The van der Waals surface area contributed by atoms with Crippen LogP contribution in [-0.4, -0.2) is 60.6 Å². The van der Waals surface area contributed by atoms with E-state index in [-0.39, 0.29) is 55.5 Å². The van der Waals surface area contributed by atoms with Gasteiger partial charge in [-0.25, -0.2) is 13.2 Å². The molecule has 0 saturated heterocycles. The van der Waals surface area contributed by atoms with E-state index in [0.29, 0.717) is 6.42 Å². The van der Waals surface area contributed by atoms with E-state index in [1.54, 1.807) is 0 Å². The summed E-state index contributed by atoms with van der Waals surface area (Å²) in [6.07, 6.45) is 0.0588. The van der Waals surface area contributed by atoms with Crippen molar-refractivity contribution >= 4 is 27.8 Å². The number of aliphatic carboxylic acids is 1. The molecule has 0 fully saturated rings. The molecule has 2 aromatic carbocycles. The number of benzene rings is 2. The number of hydrogen-bond acceptors (Lipinski definition) is 7. The minimum Gasteiger partial charge on any atom is -0.481 e. The van der Waals surface area contributed by atoms with Crippen LogP contribution in [0.3, 0.4) is 0 Å². The van der Waals surface area contributed by atoms with Crippen molar-refractivity contribution in [3.05, 3.63) is 70.3 Å². The smallest absolute Gasteiger partial charge is 0.407 e. The molecule has 0 aromatic heterocycles. The molecule has 2 aromatic rings. The van der Waals surface area contributed by atoms with E-state index in [1.807, 2.05) is 44.2 Å². The second-order valence-electron chi connectivity index (χ2n) is 8.96. The number of rotatable bonds is 15. The molecule has 1 atom stereocenters. The third kappa shape index (κ3) is 10.2. The van der Waals surface area contributed by atoms with Gasteiger partial charge in [0.15, 0.2) is 0 Å². The minimum absolute atomic E-state index is 0.00700. The number of nitrogens with one attached hydrogen (secondary N) is 1. The molecule has 0 aliphatic carbocycles. The molecule has 1 amide bonds. The van der Waals surface area contributed by atoms with Gasteiger partial charge in [0.05, 0.1) is 16.4 Å². The van der Waals surface area contributed by atoms with Crippen LogP contribution in [0.15, 0.2) is 59.5 Å². The van der Waals surface area contributed by atoms with Gasteiger partial charge in [0.2, 0.25) is 10.0 Å². The zero-order valence-corrected chi connectivity index (χ0v) is 21.7. The monoisotopic (exact) mass is 535 g/mol. The van der Waals surface area contributed by atoms with Gasteiger partial charge in [-0.2, -0.15) is 4.31 Å². The fraction of sp³-hybridized carbons (Fsp3) is 0.440. The molecule has 37 heavy (non-hydrogen) atoms. The number of nitrogens with zero attached hydrogens (tertiary/aromatic N) is 2. The van der Waals surface area contributed by atoms with Gasteiger partial charge in [0, 0.05) is 37.7 Å². The topological polar surface area (TPSA) is 156 Å². The number of carboxylic acid groups (broad SMARTS) is 1. The van der Waals surface area contributed by atoms with Gasteiger partial charge < -0.3 is 15.2 Å². The third-order valence-corrected chi connectivity index (χ3v) is 7.28. The highest BCUT2D eigenvalue weighted by molar-refractivity contribution is 7.89. The minimum atomic E-state index is -3.95. The zero-order chi connectivity index (χ0) is 27.4. The second kappa shape index (κ2) is 14.3. The van der Waals surface area contributed by atoms with Crippen LogP contribution in [0.25, 0.3) is 0 Å². The van der Waals surface area contributed by atoms with Gasteiger partial charge in [-0.3, -0.25) is 14.9 Å². The number of carbonyl (C=O) groups excluding carboxylic acids is 1. The first-order valence-electron chi connectivity index (χ1n) is 11.9. The number of hydrogen-bond donors (Lipinski definition) is 2. The number of carboxylic acids is 1. The van der Waals surface area contributed by atoms with Crippen LogP contribution in [0.2, 0.25) is 0 Å².